The molecule has 1 heterocycles. The summed E-state index contributed by atoms with van der Waals surface area (Å²) in [6.45, 7) is 6.89. The maximum atomic E-state index is 13.5. The minimum absolute atomic E-state index is 0.140. The second-order valence-electron chi connectivity index (χ2n) is 9.57. The van der Waals surface area contributed by atoms with Crippen molar-refractivity contribution < 1.29 is 17.9 Å². The Hall–Kier alpha value is -2.02. The van der Waals surface area contributed by atoms with Crippen LogP contribution in [0.3, 0.4) is 0 Å². The van der Waals surface area contributed by atoms with Crippen LogP contribution in [0, 0.1) is 11.3 Å². The third-order valence-corrected chi connectivity index (χ3v) is 9.95. The first kappa shape index (κ1) is 25.1. The maximum Gasteiger partial charge on any atom is 0.408 e. The lowest BCUT2D eigenvalue weighted by molar-refractivity contribution is 0.0871. The third-order valence-electron chi connectivity index (χ3n) is 7.25. The summed E-state index contributed by atoms with van der Waals surface area (Å²) in [5.74, 6) is 0. The van der Waals surface area contributed by atoms with Crippen LogP contribution in [0.25, 0.3) is 0 Å². The number of rotatable bonds is 6. The first-order valence-electron chi connectivity index (χ1n) is 12.2. The van der Waals surface area contributed by atoms with Gasteiger partial charge in [-0.15, -0.1) is 0 Å². The number of benzene rings is 1. The molecule has 2 aliphatic carbocycles. The minimum atomic E-state index is -3.70. The highest BCUT2D eigenvalue weighted by molar-refractivity contribution is 7.92. The van der Waals surface area contributed by atoms with E-state index in [4.69, 9.17) is 21.6 Å². The summed E-state index contributed by atoms with van der Waals surface area (Å²) >= 11 is 6.52. The van der Waals surface area contributed by atoms with E-state index >= 15 is 0 Å². The summed E-state index contributed by atoms with van der Waals surface area (Å²) in [5.41, 5.74) is 0.121. The number of nitriles is 1. The number of ether oxygens (including phenoxy) is 1. The van der Waals surface area contributed by atoms with Crippen molar-refractivity contribution in [2.75, 3.05) is 37.6 Å². The molecule has 4 rings (SSSR count). The van der Waals surface area contributed by atoms with E-state index < -0.39 is 32.8 Å². The van der Waals surface area contributed by atoms with E-state index in [1.165, 1.54) is 0 Å². The number of amides is 1. The fourth-order valence-corrected chi connectivity index (χ4v) is 7.24. The number of alkyl carbamates (subject to hydrolysis) is 1. The number of piperazine rings is 1. The molecule has 10 heteroatoms. The van der Waals surface area contributed by atoms with Gasteiger partial charge in [-0.1, -0.05) is 24.9 Å². The van der Waals surface area contributed by atoms with Gasteiger partial charge in [0.05, 0.1) is 21.2 Å². The van der Waals surface area contributed by atoms with E-state index in [-0.39, 0.29) is 16.3 Å². The van der Waals surface area contributed by atoms with E-state index in [1.807, 2.05) is 6.07 Å². The molecule has 8 nitrogen and oxygen atoms in total. The van der Waals surface area contributed by atoms with E-state index in [0.717, 1.165) is 51.3 Å². The molecule has 0 radical (unpaired) electrons. The molecule has 0 spiro atoms. The normalized spacial score (nSPS) is 25.1. The molecule has 1 aromatic rings. The molecule has 3 fully saturated rings. The highest BCUT2D eigenvalue weighted by Gasteiger charge is 2.45. The van der Waals surface area contributed by atoms with Gasteiger partial charge in [0.2, 0.25) is 0 Å². The number of carbonyl (C=O) groups excluding carboxylic acids is 1. The Kier molecular flexibility index (Phi) is 7.60. The molecule has 1 amide bonds. The van der Waals surface area contributed by atoms with Crippen LogP contribution in [0.1, 0.15) is 51.9 Å². The first-order chi connectivity index (χ1) is 16.3. The fraction of sp³-hybridized carbons (Fsp3) is 0.667. The number of nitrogens with zero attached hydrogens (tertiary/aromatic N) is 3. The molecule has 1 aromatic carbocycles. The van der Waals surface area contributed by atoms with Crippen LogP contribution in [-0.2, 0) is 14.6 Å². The molecule has 2 atom stereocenters. The molecule has 34 heavy (non-hydrogen) atoms. The SMILES string of the molecule is CCN1CCN(c2ccc(S(=O)(=O)[C@H]3CCCC[C@H](OC(=O)NC4(C#N)CC4)C3)c(Cl)c2)CC1. The predicted molar refractivity (Wildman–Crippen MR) is 131 cm³/mol. The number of halogens is 1. The van der Waals surface area contributed by atoms with E-state index in [9.17, 15) is 13.2 Å². The van der Waals surface area contributed by atoms with Gasteiger partial charge in [0.25, 0.3) is 0 Å². The average Bonchev–Trinajstić information content (AvgIpc) is 3.63. The Labute approximate surface area is 207 Å². The van der Waals surface area contributed by atoms with Crippen molar-refractivity contribution in [2.24, 2.45) is 0 Å². The van der Waals surface area contributed by atoms with Crippen LogP contribution in [0.15, 0.2) is 23.1 Å². The van der Waals surface area contributed by atoms with Gasteiger partial charge in [-0.2, -0.15) is 5.26 Å². The number of carbonyl (C=O) groups is 1. The Morgan fingerprint density at radius 3 is 2.56 bits per heavy atom. The molecule has 2 saturated carbocycles. The van der Waals surface area contributed by atoms with Gasteiger partial charge in [0.15, 0.2) is 9.84 Å². The van der Waals surface area contributed by atoms with Gasteiger partial charge in [-0.25, -0.2) is 13.2 Å². The van der Waals surface area contributed by atoms with Gasteiger partial charge in [-0.05, 0) is 56.8 Å². The monoisotopic (exact) mass is 508 g/mol. The van der Waals surface area contributed by atoms with Crippen LogP contribution in [0.2, 0.25) is 5.02 Å². The minimum Gasteiger partial charge on any atom is -0.446 e. The molecule has 3 aliphatic rings. The number of anilines is 1. The zero-order valence-corrected chi connectivity index (χ0v) is 21.2. The van der Waals surface area contributed by atoms with Gasteiger partial charge in [0.1, 0.15) is 11.6 Å². The quantitative estimate of drug-likeness (QED) is 0.584. The molecule has 1 aliphatic heterocycles. The average molecular weight is 509 g/mol. The van der Waals surface area contributed by atoms with E-state index in [0.29, 0.717) is 25.7 Å². The summed E-state index contributed by atoms with van der Waals surface area (Å²) in [6, 6.07) is 7.32. The van der Waals surface area contributed by atoms with Crippen LogP contribution in [0.5, 0.6) is 0 Å². The first-order valence-corrected chi connectivity index (χ1v) is 14.1. The third kappa shape index (κ3) is 5.61. The van der Waals surface area contributed by atoms with Crippen molar-refractivity contribution in [1.29, 1.82) is 5.26 Å². The highest BCUT2D eigenvalue weighted by Crippen LogP contribution is 2.36. The van der Waals surface area contributed by atoms with Crippen LogP contribution < -0.4 is 10.2 Å². The summed E-state index contributed by atoms with van der Waals surface area (Å²) in [7, 11) is -3.70. The van der Waals surface area contributed by atoms with Crippen molar-refractivity contribution in [1.82, 2.24) is 10.2 Å². The molecule has 0 bridgehead atoms. The molecule has 1 saturated heterocycles. The molecule has 0 unspecified atom stereocenters. The zero-order chi connectivity index (χ0) is 24.3. The lowest BCUT2D eigenvalue weighted by atomic mass is 10.1. The summed E-state index contributed by atoms with van der Waals surface area (Å²) in [5, 5.41) is 11.4. The number of nitrogens with one attached hydrogen (secondary N) is 1. The topological polar surface area (TPSA) is 103 Å². The van der Waals surface area contributed by atoms with E-state index in [2.05, 4.69) is 28.1 Å². The molecule has 1 N–H and O–H groups in total. The van der Waals surface area contributed by atoms with Crippen LogP contribution in [0.4, 0.5) is 10.5 Å². The smallest absolute Gasteiger partial charge is 0.408 e. The number of hydrogen-bond acceptors (Lipinski definition) is 7. The van der Waals surface area contributed by atoms with Crippen molar-refractivity contribution in [3.05, 3.63) is 23.2 Å². The van der Waals surface area contributed by atoms with Gasteiger partial charge in [0, 0.05) is 38.3 Å². The molecule has 0 aromatic heterocycles. The van der Waals surface area contributed by atoms with E-state index in [1.54, 1.807) is 12.1 Å². The lowest BCUT2D eigenvalue weighted by Crippen LogP contribution is -2.46. The van der Waals surface area contributed by atoms with Crippen molar-refractivity contribution in [3.8, 4) is 6.07 Å². The second kappa shape index (κ2) is 10.3. The Morgan fingerprint density at radius 2 is 1.94 bits per heavy atom. The second-order valence-corrected chi connectivity index (χ2v) is 12.2. The number of hydrogen-bond donors (Lipinski definition) is 1. The van der Waals surface area contributed by atoms with Gasteiger partial charge < -0.3 is 19.9 Å². The predicted octanol–water partition coefficient (Wildman–Crippen LogP) is 3.74. The zero-order valence-electron chi connectivity index (χ0n) is 19.6. The largest absolute Gasteiger partial charge is 0.446 e. The van der Waals surface area contributed by atoms with Crippen LogP contribution in [-0.4, -0.2) is 69.0 Å². The molecule has 186 valence electrons. The summed E-state index contributed by atoms with van der Waals surface area (Å²) in [6.07, 6.45) is 2.93. The molecular weight excluding hydrogens is 476 g/mol. The standard InChI is InChI=1S/C24H33ClN4O4S/c1-2-28-11-13-29(14-12-28)18-7-8-22(21(25)15-18)34(31,32)20-6-4-3-5-19(16-20)33-23(30)27-24(17-26)9-10-24/h7-8,15,19-20H,2-6,9-14,16H2,1H3,(H,27,30)/t19-,20-/m0/s1. The fourth-order valence-electron chi connectivity index (χ4n) is 4.85. The van der Waals surface area contributed by atoms with Crippen molar-refractivity contribution >= 4 is 33.2 Å². The maximum absolute atomic E-state index is 13.5. The molecular formula is C24H33ClN4O4S. The Balaban J connectivity index is 1.43. The summed E-state index contributed by atoms with van der Waals surface area (Å²) in [4.78, 5) is 17.0. The summed E-state index contributed by atoms with van der Waals surface area (Å²) < 4.78 is 32.6. The number of likely N-dealkylation sites (N-methyl/N-ethyl adjacent to an activating group) is 1. The van der Waals surface area contributed by atoms with Gasteiger partial charge >= 0.3 is 6.09 Å². The van der Waals surface area contributed by atoms with Crippen molar-refractivity contribution in [2.45, 2.75) is 73.7 Å². The Bertz CT molecular complexity index is 1050. The lowest BCUT2D eigenvalue weighted by Gasteiger charge is -2.35. The van der Waals surface area contributed by atoms with Crippen molar-refractivity contribution in [3.63, 3.8) is 0 Å². The highest BCUT2D eigenvalue weighted by atomic mass is 35.5. The Morgan fingerprint density at radius 1 is 1.24 bits per heavy atom. The van der Waals surface area contributed by atoms with Gasteiger partial charge in [-0.3, -0.25) is 0 Å². The van der Waals surface area contributed by atoms with Crippen LogP contribution >= 0.6 is 11.6 Å². The number of sulfone groups is 1.